The van der Waals surface area contributed by atoms with E-state index >= 15 is 0 Å². The van der Waals surface area contributed by atoms with E-state index in [0.29, 0.717) is 0 Å². The quantitative estimate of drug-likeness (QED) is 0.455. The average molecular weight is 381 g/mol. The topological polar surface area (TPSA) is 55.4 Å². The zero-order valence-electron chi connectivity index (χ0n) is 13.3. The molecule has 0 fully saturated rings. The van der Waals surface area contributed by atoms with E-state index < -0.39 is 35.9 Å². The molecule has 0 aliphatic carbocycles. The number of thioether (sulfide) groups is 1. The number of rotatable bonds is 6. The van der Waals surface area contributed by atoms with Gasteiger partial charge in [-0.25, -0.2) is 4.79 Å². The third-order valence-electron chi connectivity index (χ3n) is 3.00. The predicted octanol–water partition coefficient (Wildman–Crippen LogP) is 4.49. The number of hydrogen-bond acceptors (Lipinski definition) is 4. The number of carbonyl (C=O) groups is 2. The van der Waals surface area contributed by atoms with Gasteiger partial charge in [0, 0.05) is 11.0 Å². The number of amides is 1. The van der Waals surface area contributed by atoms with Gasteiger partial charge < -0.3 is 10.1 Å². The lowest BCUT2D eigenvalue weighted by molar-refractivity contribution is -0.142. The van der Waals surface area contributed by atoms with Gasteiger partial charge in [0.2, 0.25) is 0 Å². The Morgan fingerprint density at radius 3 is 2.38 bits per heavy atom. The van der Waals surface area contributed by atoms with Crippen molar-refractivity contribution in [1.82, 2.24) is 0 Å². The molecule has 0 saturated heterocycles. The van der Waals surface area contributed by atoms with Gasteiger partial charge in [0.25, 0.3) is 5.91 Å². The molecule has 0 aliphatic rings. The van der Waals surface area contributed by atoms with Crippen LogP contribution in [-0.4, -0.2) is 18.5 Å². The van der Waals surface area contributed by atoms with Gasteiger partial charge in [0.05, 0.1) is 11.3 Å². The van der Waals surface area contributed by atoms with Crippen molar-refractivity contribution in [3.63, 3.8) is 0 Å². The first kappa shape index (κ1) is 19.6. The molecule has 0 radical (unpaired) electrons. The number of esters is 1. The van der Waals surface area contributed by atoms with Gasteiger partial charge in [-0.15, -0.1) is 0 Å². The summed E-state index contributed by atoms with van der Waals surface area (Å²) in [5, 5.41) is 3.58. The van der Waals surface area contributed by atoms with Crippen molar-refractivity contribution < 1.29 is 27.5 Å². The summed E-state index contributed by atoms with van der Waals surface area (Å²) in [7, 11) is 0. The first-order chi connectivity index (χ1) is 12.4. The molecule has 0 aromatic heterocycles. The van der Waals surface area contributed by atoms with Gasteiger partial charge in [-0.3, -0.25) is 4.79 Å². The maximum absolute atomic E-state index is 12.8. The van der Waals surface area contributed by atoms with Gasteiger partial charge in [-0.1, -0.05) is 42.1 Å². The van der Waals surface area contributed by atoms with Crippen LogP contribution < -0.4 is 5.32 Å². The van der Waals surface area contributed by atoms with Crippen LogP contribution in [-0.2, 0) is 20.5 Å². The molecule has 2 aromatic rings. The molecule has 2 aromatic carbocycles. The third kappa shape index (κ3) is 6.29. The average Bonchev–Trinajstić information content (AvgIpc) is 2.60. The minimum atomic E-state index is -4.60. The Kier molecular flexibility index (Phi) is 6.85. The summed E-state index contributed by atoms with van der Waals surface area (Å²) in [6.07, 6.45) is -3.47. The van der Waals surface area contributed by atoms with Crippen LogP contribution in [0.5, 0.6) is 0 Å². The number of nitrogens with one attached hydrogen (secondary N) is 1. The van der Waals surface area contributed by atoms with Gasteiger partial charge in [-0.2, -0.15) is 13.2 Å². The van der Waals surface area contributed by atoms with Crippen LogP contribution in [0.25, 0.3) is 0 Å². The predicted molar refractivity (Wildman–Crippen MR) is 92.5 cm³/mol. The first-order valence-electron chi connectivity index (χ1n) is 7.37. The molecule has 4 nitrogen and oxygen atoms in total. The summed E-state index contributed by atoms with van der Waals surface area (Å²) in [5.41, 5.74) is -1.37. The second-order valence-corrected chi connectivity index (χ2v) is 5.91. The molecule has 1 N–H and O–H groups in total. The minimum Gasteiger partial charge on any atom is -0.452 e. The number of para-hydroxylation sites is 1. The molecule has 0 heterocycles. The highest BCUT2D eigenvalue weighted by Gasteiger charge is 2.33. The fourth-order valence-corrected chi connectivity index (χ4v) is 2.53. The first-order valence-corrected chi connectivity index (χ1v) is 8.25. The Hall–Kier alpha value is -2.74. The van der Waals surface area contributed by atoms with Crippen molar-refractivity contribution in [3.05, 3.63) is 71.6 Å². The number of carbonyl (C=O) groups excluding carboxylic acids is 2. The Morgan fingerprint density at radius 2 is 1.69 bits per heavy atom. The molecule has 136 valence electrons. The lowest BCUT2D eigenvalue weighted by Crippen LogP contribution is -2.22. The lowest BCUT2D eigenvalue weighted by Gasteiger charge is -2.13. The molecular weight excluding hydrogens is 367 g/mol. The largest absolute Gasteiger partial charge is 0.452 e. The van der Waals surface area contributed by atoms with Crippen molar-refractivity contribution in [2.24, 2.45) is 0 Å². The Balaban J connectivity index is 1.83. The molecule has 0 aliphatic heterocycles. The maximum Gasteiger partial charge on any atom is 0.418 e. The zero-order chi connectivity index (χ0) is 19.0. The number of halogens is 3. The van der Waals surface area contributed by atoms with E-state index in [1.807, 2.05) is 30.3 Å². The van der Waals surface area contributed by atoms with Crippen molar-refractivity contribution in [1.29, 1.82) is 0 Å². The lowest BCUT2D eigenvalue weighted by atomic mass is 10.1. The molecule has 0 spiro atoms. The second-order valence-electron chi connectivity index (χ2n) is 4.93. The SMILES string of the molecule is O=C(COC(=O)/C=C/Sc1ccccc1)Nc1ccccc1C(F)(F)F. The summed E-state index contributed by atoms with van der Waals surface area (Å²) in [5.74, 6) is -1.63. The normalized spacial score (nSPS) is 11.3. The Bertz CT molecular complexity index is 792. The van der Waals surface area contributed by atoms with Crippen LogP contribution in [0, 0.1) is 0 Å². The maximum atomic E-state index is 12.8. The summed E-state index contributed by atoms with van der Waals surface area (Å²) >= 11 is 1.28. The van der Waals surface area contributed by atoms with E-state index in [-0.39, 0.29) is 0 Å². The summed E-state index contributed by atoms with van der Waals surface area (Å²) in [6.45, 7) is -0.689. The smallest absolute Gasteiger partial charge is 0.418 e. The molecule has 8 heteroatoms. The van der Waals surface area contributed by atoms with E-state index in [1.165, 1.54) is 29.3 Å². The fourth-order valence-electron chi connectivity index (χ4n) is 1.88. The second kappa shape index (κ2) is 9.10. The van der Waals surface area contributed by atoms with Crippen LogP contribution in [0.4, 0.5) is 18.9 Å². The Morgan fingerprint density at radius 1 is 1.04 bits per heavy atom. The standard InChI is InChI=1S/C18H14F3NO3S/c19-18(20,21)14-8-4-5-9-15(14)22-16(23)12-25-17(24)10-11-26-13-6-2-1-3-7-13/h1-11H,12H2,(H,22,23)/b11-10+. The number of benzene rings is 2. The number of anilines is 1. The van der Waals surface area contributed by atoms with Crippen LogP contribution >= 0.6 is 11.8 Å². The molecule has 1 amide bonds. The van der Waals surface area contributed by atoms with Crippen LogP contribution in [0.15, 0.2) is 71.0 Å². The number of hydrogen-bond donors (Lipinski definition) is 1. The number of alkyl halides is 3. The van der Waals surface area contributed by atoms with Gasteiger partial charge in [0.1, 0.15) is 0 Å². The molecule has 0 bridgehead atoms. The molecule has 0 saturated carbocycles. The summed E-state index contributed by atoms with van der Waals surface area (Å²) in [4.78, 5) is 24.2. The van der Waals surface area contributed by atoms with Gasteiger partial charge >= 0.3 is 12.1 Å². The molecule has 26 heavy (non-hydrogen) atoms. The highest BCUT2D eigenvalue weighted by Crippen LogP contribution is 2.34. The molecule has 0 unspecified atom stereocenters. The van der Waals surface area contributed by atoms with E-state index in [0.717, 1.165) is 23.1 Å². The zero-order valence-corrected chi connectivity index (χ0v) is 14.1. The summed E-state index contributed by atoms with van der Waals surface area (Å²) < 4.78 is 43.2. The van der Waals surface area contributed by atoms with Crippen LogP contribution in [0.2, 0.25) is 0 Å². The molecule has 0 atom stereocenters. The fraction of sp³-hybridized carbons (Fsp3) is 0.111. The van der Waals surface area contributed by atoms with Crippen molar-refractivity contribution >= 4 is 29.3 Å². The molecular formula is C18H14F3NO3S. The summed E-state index contributed by atoms with van der Waals surface area (Å²) in [6, 6.07) is 13.8. The van der Waals surface area contributed by atoms with E-state index in [4.69, 9.17) is 4.74 Å². The number of ether oxygens (including phenoxy) is 1. The van der Waals surface area contributed by atoms with Gasteiger partial charge in [0.15, 0.2) is 6.61 Å². The minimum absolute atomic E-state index is 0.392. The highest BCUT2D eigenvalue weighted by molar-refractivity contribution is 8.02. The Labute approximate surface area is 152 Å². The van der Waals surface area contributed by atoms with Gasteiger partial charge in [-0.05, 0) is 29.7 Å². The van der Waals surface area contributed by atoms with E-state index in [9.17, 15) is 22.8 Å². The monoisotopic (exact) mass is 381 g/mol. The van der Waals surface area contributed by atoms with Crippen LogP contribution in [0.1, 0.15) is 5.56 Å². The van der Waals surface area contributed by atoms with E-state index in [2.05, 4.69) is 5.32 Å². The van der Waals surface area contributed by atoms with Crippen LogP contribution in [0.3, 0.4) is 0 Å². The van der Waals surface area contributed by atoms with Crippen molar-refractivity contribution in [3.8, 4) is 0 Å². The van der Waals surface area contributed by atoms with Crippen molar-refractivity contribution in [2.45, 2.75) is 11.1 Å². The highest BCUT2D eigenvalue weighted by atomic mass is 32.2. The van der Waals surface area contributed by atoms with E-state index in [1.54, 1.807) is 0 Å². The third-order valence-corrected chi connectivity index (χ3v) is 3.82. The molecule has 2 rings (SSSR count). The van der Waals surface area contributed by atoms with Crippen molar-refractivity contribution in [2.75, 3.05) is 11.9 Å².